The van der Waals surface area contributed by atoms with Crippen LogP contribution in [0.4, 0.5) is 0 Å². The Balaban J connectivity index is 3.88. The molecule has 0 aliphatic carbocycles. The van der Waals surface area contributed by atoms with Crippen molar-refractivity contribution in [3.8, 4) is 0 Å². The third-order valence-corrected chi connectivity index (χ3v) is 2.39. The minimum atomic E-state index is -1.34. The zero-order valence-corrected chi connectivity index (χ0v) is 7.90. The lowest BCUT2D eigenvalue weighted by molar-refractivity contribution is -0.157. The molecule has 3 nitrogen and oxygen atoms in total. The number of methoxy groups -OCH3 is 1. The molecule has 0 saturated heterocycles. The van der Waals surface area contributed by atoms with Crippen molar-refractivity contribution in [1.82, 2.24) is 0 Å². The molecule has 0 aromatic rings. The summed E-state index contributed by atoms with van der Waals surface area (Å²) in [7, 11) is 1.27. The fraction of sp³-hybridized carbons (Fsp3) is 0.857. The third kappa shape index (κ3) is 3.62. The summed E-state index contributed by atoms with van der Waals surface area (Å²) in [6.45, 7) is 3.43. The molecule has 4 heteroatoms. The molecule has 0 aromatic carbocycles. The van der Waals surface area contributed by atoms with Crippen LogP contribution >= 0.6 is 11.8 Å². The van der Waals surface area contributed by atoms with Crippen molar-refractivity contribution in [2.45, 2.75) is 19.4 Å². The van der Waals surface area contributed by atoms with Gasteiger partial charge in [0.05, 0.1) is 7.11 Å². The van der Waals surface area contributed by atoms with Gasteiger partial charge >= 0.3 is 5.97 Å². The molecule has 0 aromatic heterocycles. The Labute approximate surface area is 71.1 Å². The van der Waals surface area contributed by atoms with Gasteiger partial charge in [0, 0.05) is 5.75 Å². The van der Waals surface area contributed by atoms with E-state index in [4.69, 9.17) is 0 Å². The van der Waals surface area contributed by atoms with Crippen molar-refractivity contribution in [3.63, 3.8) is 0 Å². The molecular weight excluding hydrogens is 164 g/mol. The normalized spacial score (nSPS) is 15.6. The first-order valence-corrected chi connectivity index (χ1v) is 4.58. The van der Waals surface area contributed by atoms with Crippen LogP contribution in [0, 0.1) is 0 Å². The number of thioether (sulfide) groups is 1. The van der Waals surface area contributed by atoms with Crippen molar-refractivity contribution in [3.05, 3.63) is 0 Å². The highest BCUT2D eigenvalue weighted by Gasteiger charge is 2.30. The maximum atomic E-state index is 10.9. The summed E-state index contributed by atoms with van der Waals surface area (Å²) in [5.74, 6) is 0.696. The van der Waals surface area contributed by atoms with Gasteiger partial charge in [-0.2, -0.15) is 11.8 Å². The lowest BCUT2D eigenvalue weighted by Gasteiger charge is -2.18. The van der Waals surface area contributed by atoms with Crippen LogP contribution in [0.2, 0.25) is 0 Å². The van der Waals surface area contributed by atoms with Gasteiger partial charge < -0.3 is 9.84 Å². The first kappa shape index (κ1) is 10.8. The number of aliphatic hydroxyl groups is 1. The minimum absolute atomic E-state index is 0.385. The van der Waals surface area contributed by atoms with Crippen LogP contribution in [-0.4, -0.2) is 35.3 Å². The molecule has 1 atom stereocenters. The van der Waals surface area contributed by atoms with Gasteiger partial charge in [-0.3, -0.25) is 0 Å². The zero-order chi connectivity index (χ0) is 8.91. The van der Waals surface area contributed by atoms with Gasteiger partial charge in [-0.15, -0.1) is 0 Å². The van der Waals surface area contributed by atoms with E-state index < -0.39 is 11.6 Å². The van der Waals surface area contributed by atoms with Crippen LogP contribution < -0.4 is 0 Å². The molecule has 0 saturated carbocycles. The lowest BCUT2D eigenvalue weighted by Crippen LogP contribution is -2.38. The van der Waals surface area contributed by atoms with Crippen LogP contribution in [-0.2, 0) is 9.53 Å². The van der Waals surface area contributed by atoms with Gasteiger partial charge in [0.2, 0.25) is 0 Å². The summed E-state index contributed by atoms with van der Waals surface area (Å²) < 4.78 is 4.41. The maximum Gasteiger partial charge on any atom is 0.338 e. The topological polar surface area (TPSA) is 46.5 Å². The van der Waals surface area contributed by atoms with E-state index in [1.54, 1.807) is 0 Å². The first-order chi connectivity index (χ1) is 5.04. The zero-order valence-electron chi connectivity index (χ0n) is 7.09. The number of carbonyl (C=O) groups is 1. The second kappa shape index (κ2) is 4.62. The summed E-state index contributed by atoms with van der Waals surface area (Å²) in [6.07, 6.45) is 0. The molecule has 0 heterocycles. The average Bonchev–Trinajstić information content (AvgIpc) is 1.99. The van der Waals surface area contributed by atoms with Crippen molar-refractivity contribution in [1.29, 1.82) is 0 Å². The molecule has 1 N–H and O–H groups in total. The summed E-state index contributed by atoms with van der Waals surface area (Å²) >= 11 is 1.51. The number of rotatable bonds is 4. The lowest BCUT2D eigenvalue weighted by atomic mass is 10.1. The molecule has 0 aliphatic rings. The number of carbonyl (C=O) groups excluding carboxylic acids is 1. The second-order valence-electron chi connectivity index (χ2n) is 2.40. The van der Waals surface area contributed by atoms with E-state index in [1.165, 1.54) is 25.8 Å². The second-order valence-corrected chi connectivity index (χ2v) is 3.68. The molecule has 0 amide bonds. The molecule has 0 radical (unpaired) electrons. The van der Waals surface area contributed by atoms with Gasteiger partial charge in [0.25, 0.3) is 0 Å². The van der Waals surface area contributed by atoms with Crippen LogP contribution in [0.3, 0.4) is 0 Å². The average molecular weight is 178 g/mol. The van der Waals surface area contributed by atoms with Gasteiger partial charge in [0.1, 0.15) is 0 Å². The van der Waals surface area contributed by atoms with Crippen molar-refractivity contribution in [2.24, 2.45) is 0 Å². The van der Waals surface area contributed by atoms with Gasteiger partial charge in [-0.25, -0.2) is 4.79 Å². The Morgan fingerprint density at radius 3 is 2.64 bits per heavy atom. The highest BCUT2D eigenvalue weighted by Crippen LogP contribution is 2.13. The molecule has 0 aliphatic heterocycles. The summed E-state index contributed by atoms with van der Waals surface area (Å²) in [4.78, 5) is 10.9. The van der Waals surface area contributed by atoms with E-state index >= 15 is 0 Å². The number of ether oxygens (including phenoxy) is 1. The monoisotopic (exact) mass is 178 g/mol. The Bertz CT molecular complexity index is 134. The molecule has 66 valence electrons. The Hall–Kier alpha value is -0.220. The van der Waals surface area contributed by atoms with Crippen LogP contribution in [0.25, 0.3) is 0 Å². The van der Waals surface area contributed by atoms with E-state index in [-0.39, 0.29) is 0 Å². The summed E-state index contributed by atoms with van der Waals surface area (Å²) in [6, 6.07) is 0. The molecule has 11 heavy (non-hydrogen) atoms. The van der Waals surface area contributed by atoms with Gasteiger partial charge in [0.15, 0.2) is 5.60 Å². The van der Waals surface area contributed by atoms with Crippen molar-refractivity contribution in [2.75, 3.05) is 18.6 Å². The molecular formula is C7H14O3S. The predicted octanol–water partition coefficient (Wildman–Crippen LogP) is 0.663. The standard InChI is InChI=1S/C7H14O3S/c1-4-11-5-7(2,9)6(8)10-3/h9H,4-5H2,1-3H3. The molecule has 0 bridgehead atoms. The predicted molar refractivity (Wildman–Crippen MR) is 45.6 cm³/mol. The van der Waals surface area contributed by atoms with Crippen LogP contribution in [0.1, 0.15) is 13.8 Å². The Kier molecular flexibility index (Phi) is 4.52. The largest absolute Gasteiger partial charge is 0.467 e. The molecule has 0 spiro atoms. The molecule has 1 unspecified atom stereocenters. The van der Waals surface area contributed by atoms with E-state index in [0.29, 0.717) is 5.75 Å². The Morgan fingerprint density at radius 2 is 2.27 bits per heavy atom. The van der Waals surface area contributed by atoms with Crippen molar-refractivity contribution >= 4 is 17.7 Å². The minimum Gasteiger partial charge on any atom is -0.467 e. The van der Waals surface area contributed by atoms with Crippen LogP contribution in [0.5, 0.6) is 0 Å². The molecule has 0 fully saturated rings. The van der Waals surface area contributed by atoms with Gasteiger partial charge in [-0.05, 0) is 12.7 Å². The fourth-order valence-electron chi connectivity index (χ4n) is 0.580. The third-order valence-electron chi connectivity index (χ3n) is 1.21. The first-order valence-electron chi connectivity index (χ1n) is 3.43. The summed E-state index contributed by atoms with van der Waals surface area (Å²) in [5, 5.41) is 9.42. The van der Waals surface area contributed by atoms with Crippen molar-refractivity contribution < 1.29 is 14.6 Å². The highest BCUT2D eigenvalue weighted by molar-refractivity contribution is 7.99. The fourth-order valence-corrected chi connectivity index (χ4v) is 1.30. The van der Waals surface area contributed by atoms with E-state index in [2.05, 4.69) is 4.74 Å². The Morgan fingerprint density at radius 1 is 1.73 bits per heavy atom. The summed E-state index contributed by atoms with van der Waals surface area (Å²) in [5.41, 5.74) is -1.34. The van der Waals surface area contributed by atoms with E-state index in [0.717, 1.165) is 5.75 Å². The highest BCUT2D eigenvalue weighted by atomic mass is 32.2. The quantitative estimate of drug-likeness (QED) is 0.642. The van der Waals surface area contributed by atoms with E-state index in [9.17, 15) is 9.90 Å². The van der Waals surface area contributed by atoms with E-state index in [1.807, 2.05) is 6.92 Å². The number of hydrogen-bond donors (Lipinski definition) is 1. The maximum absolute atomic E-state index is 10.9. The SMILES string of the molecule is CCSCC(C)(O)C(=O)OC. The smallest absolute Gasteiger partial charge is 0.338 e. The molecule has 0 rings (SSSR count). The van der Waals surface area contributed by atoms with Crippen LogP contribution in [0.15, 0.2) is 0 Å². The number of esters is 1. The number of hydrogen-bond acceptors (Lipinski definition) is 4. The van der Waals surface area contributed by atoms with Gasteiger partial charge in [-0.1, -0.05) is 6.92 Å².